The number of halogens is 1. The van der Waals surface area contributed by atoms with Crippen LogP contribution in [0, 0.1) is 0 Å². The summed E-state index contributed by atoms with van der Waals surface area (Å²) in [6.45, 7) is 4.38. The molecule has 2 aromatic carbocycles. The normalized spacial score (nSPS) is 14.6. The summed E-state index contributed by atoms with van der Waals surface area (Å²) >= 11 is 6.41. The molecule has 0 radical (unpaired) electrons. The molecule has 0 saturated heterocycles. The number of aryl methyl sites for hydroxylation is 2. The number of amides is 1. The maximum atomic E-state index is 12.0. The van der Waals surface area contributed by atoms with Gasteiger partial charge in [-0.05, 0) is 53.9 Å². The maximum Gasteiger partial charge on any atom is 0.228 e. The zero-order valence-corrected chi connectivity index (χ0v) is 18.8. The van der Waals surface area contributed by atoms with Gasteiger partial charge in [0.1, 0.15) is 5.82 Å². The van der Waals surface area contributed by atoms with Crippen molar-refractivity contribution in [1.82, 2.24) is 9.97 Å². The minimum absolute atomic E-state index is 0.231. The van der Waals surface area contributed by atoms with E-state index in [4.69, 9.17) is 22.3 Å². The van der Waals surface area contributed by atoms with Crippen molar-refractivity contribution in [2.45, 2.75) is 57.3 Å². The fourth-order valence-electron chi connectivity index (χ4n) is 4.14. The van der Waals surface area contributed by atoms with E-state index >= 15 is 0 Å². The SMILES string of the molecule is CC(C)c1ccc(Cc2ncc(Cl)c(CCc3ccccc3C3(C(N)=O)CC3)n2)cc1. The van der Waals surface area contributed by atoms with Gasteiger partial charge in [-0.15, -0.1) is 0 Å². The lowest BCUT2D eigenvalue weighted by molar-refractivity contribution is -0.120. The van der Waals surface area contributed by atoms with Crippen molar-refractivity contribution in [2.75, 3.05) is 0 Å². The number of carbonyl (C=O) groups is 1. The molecule has 5 heteroatoms. The smallest absolute Gasteiger partial charge is 0.228 e. The molecule has 1 aliphatic rings. The molecule has 0 atom stereocenters. The molecular formula is C26H28ClN3O. The molecule has 0 bridgehead atoms. The molecule has 0 spiro atoms. The maximum absolute atomic E-state index is 12.0. The van der Waals surface area contributed by atoms with E-state index in [-0.39, 0.29) is 5.91 Å². The number of primary amides is 1. The molecule has 3 aromatic rings. The molecule has 31 heavy (non-hydrogen) atoms. The predicted octanol–water partition coefficient (Wildman–Crippen LogP) is 5.15. The third-order valence-electron chi connectivity index (χ3n) is 6.26. The van der Waals surface area contributed by atoms with Crippen LogP contribution in [0.3, 0.4) is 0 Å². The molecule has 4 rings (SSSR count). The number of hydrogen-bond donors (Lipinski definition) is 1. The Kier molecular flexibility index (Phi) is 6.10. The van der Waals surface area contributed by atoms with E-state index in [2.05, 4.69) is 49.2 Å². The monoisotopic (exact) mass is 433 g/mol. The standard InChI is InChI=1S/C26H28ClN3O/c1-17(2)19-9-7-18(8-10-19)15-24-29-16-22(27)23(30-24)12-11-20-5-3-4-6-21(20)26(13-14-26)25(28)31/h3-10,16-17H,11-15H2,1-2H3,(H2,28,31). The first kappa shape index (κ1) is 21.5. The molecule has 1 aliphatic carbocycles. The first-order chi connectivity index (χ1) is 14.9. The van der Waals surface area contributed by atoms with Crippen LogP contribution in [0.4, 0.5) is 0 Å². The first-order valence-corrected chi connectivity index (χ1v) is 11.2. The Balaban J connectivity index is 1.50. The Bertz CT molecular complexity index is 1090. The largest absolute Gasteiger partial charge is 0.369 e. The molecule has 1 fully saturated rings. The highest BCUT2D eigenvalue weighted by molar-refractivity contribution is 6.31. The fraction of sp³-hybridized carbons (Fsp3) is 0.346. The van der Waals surface area contributed by atoms with Crippen LogP contribution in [0.25, 0.3) is 0 Å². The summed E-state index contributed by atoms with van der Waals surface area (Å²) in [5.74, 6) is 1.05. The lowest BCUT2D eigenvalue weighted by Gasteiger charge is -2.16. The highest BCUT2D eigenvalue weighted by Gasteiger charge is 2.50. The van der Waals surface area contributed by atoms with Gasteiger partial charge in [-0.3, -0.25) is 4.79 Å². The summed E-state index contributed by atoms with van der Waals surface area (Å²) in [7, 11) is 0. The number of rotatable bonds is 8. The lowest BCUT2D eigenvalue weighted by Crippen LogP contribution is -2.29. The van der Waals surface area contributed by atoms with Crippen molar-refractivity contribution in [3.8, 4) is 0 Å². The molecule has 2 N–H and O–H groups in total. The minimum Gasteiger partial charge on any atom is -0.369 e. The number of benzene rings is 2. The second-order valence-corrected chi connectivity index (χ2v) is 9.16. The molecule has 160 valence electrons. The molecular weight excluding hydrogens is 406 g/mol. The van der Waals surface area contributed by atoms with E-state index in [1.165, 1.54) is 11.1 Å². The molecule has 1 heterocycles. The minimum atomic E-state index is -0.487. The highest BCUT2D eigenvalue weighted by atomic mass is 35.5. The van der Waals surface area contributed by atoms with Gasteiger partial charge in [0.2, 0.25) is 5.91 Å². The van der Waals surface area contributed by atoms with Gasteiger partial charge >= 0.3 is 0 Å². The number of nitrogens with zero attached hydrogens (tertiary/aromatic N) is 2. The van der Waals surface area contributed by atoms with Crippen molar-refractivity contribution in [3.63, 3.8) is 0 Å². The van der Waals surface area contributed by atoms with Gasteiger partial charge in [0.05, 0.1) is 16.1 Å². The average molecular weight is 434 g/mol. The molecule has 1 amide bonds. The zero-order chi connectivity index (χ0) is 22.0. The van der Waals surface area contributed by atoms with Gasteiger partial charge in [0.25, 0.3) is 0 Å². The van der Waals surface area contributed by atoms with Crippen LogP contribution < -0.4 is 5.73 Å². The van der Waals surface area contributed by atoms with Crippen molar-refractivity contribution >= 4 is 17.5 Å². The molecule has 4 nitrogen and oxygen atoms in total. The number of hydrogen-bond acceptors (Lipinski definition) is 3. The Hall–Kier alpha value is -2.72. The van der Waals surface area contributed by atoms with Gasteiger partial charge in [0, 0.05) is 12.6 Å². The summed E-state index contributed by atoms with van der Waals surface area (Å²) < 4.78 is 0. The first-order valence-electron chi connectivity index (χ1n) is 10.9. The van der Waals surface area contributed by atoms with E-state index in [0.29, 0.717) is 23.8 Å². The van der Waals surface area contributed by atoms with E-state index < -0.39 is 5.41 Å². The van der Waals surface area contributed by atoms with Gasteiger partial charge in [-0.25, -0.2) is 9.97 Å². The van der Waals surface area contributed by atoms with Crippen LogP contribution in [0.2, 0.25) is 5.02 Å². The summed E-state index contributed by atoms with van der Waals surface area (Å²) in [5, 5.41) is 0.576. The van der Waals surface area contributed by atoms with Crippen molar-refractivity contribution in [3.05, 3.63) is 93.5 Å². The highest BCUT2D eigenvalue weighted by Crippen LogP contribution is 2.49. The quantitative estimate of drug-likeness (QED) is 0.534. The van der Waals surface area contributed by atoms with Gasteiger partial charge < -0.3 is 5.73 Å². The van der Waals surface area contributed by atoms with Crippen molar-refractivity contribution in [2.24, 2.45) is 5.73 Å². The Morgan fingerprint density at radius 1 is 1.10 bits per heavy atom. The second-order valence-electron chi connectivity index (χ2n) is 8.76. The molecule has 0 aliphatic heterocycles. The molecule has 1 saturated carbocycles. The van der Waals surface area contributed by atoms with Crippen LogP contribution in [0.1, 0.15) is 66.4 Å². The van der Waals surface area contributed by atoms with Crippen molar-refractivity contribution < 1.29 is 4.79 Å². The topological polar surface area (TPSA) is 68.9 Å². The van der Waals surface area contributed by atoms with Gasteiger partial charge in [-0.1, -0.05) is 74.0 Å². The van der Waals surface area contributed by atoms with Crippen LogP contribution >= 0.6 is 11.6 Å². The second kappa shape index (κ2) is 8.80. The number of nitrogens with two attached hydrogens (primary N) is 1. The summed E-state index contributed by atoms with van der Waals surface area (Å²) in [6.07, 6.45) is 5.46. The number of aromatic nitrogens is 2. The zero-order valence-electron chi connectivity index (χ0n) is 18.1. The summed E-state index contributed by atoms with van der Waals surface area (Å²) in [5.41, 5.74) is 10.8. The van der Waals surface area contributed by atoms with Crippen LogP contribution in [0.15, 0.2) is 54.7 Å². The summed E-state index contributed by atoms with van der Waals surface area (Å²) in [6, 6.07) is 16.7. The van der Waals surface area contributed by atoms with E-state index in [9.17, 15) is 4.79 Å². The Morgan fingerprint density at radius 2 is 1.81 bits per heavy atom. The lowest BCUT2D eigenvalue weighted by atomic mass is 9.88. The molecule has 0 unspecified atom stereocenters. The average Bonchev–Trinajstić information content (AvgIpc) is 3.57. The van der Waals surface area contributed by atoms with Crippen LogP contribution in [-0.4, -0.2) is 15.9 Å². The fourth-order valence-corrected chi connectivity index (χ4v) is 4.32. The third kappa shape index (κ3) is 4.64. The van der Waals surface area contributed by atoms with Crippen LogP contribution in [0.5, 0.6) is 0 Å². The van der Waals surface area contributed by atoms with Crippen LogP contribution in [-0.2, 0) is 29.5 Å². The summed E-state index contributed by atoms with van der Waals surface area (Å²) in [4.78, 5) is 21.2. The Labute approximate surface area is 188 Å². The Morgan fingerprint density at radius 3 is 2.45 bits per heavy atom. The van der Waals surface area contributed by atoms with Gasteiger partial charge in [0.15, 0.2) is 0 Å². The number of carbonyl (C=O) groups excluding carboxylic acids is 1. The van der Waals surface area contributed by atoms with E-state index in [1.807, 2.05) is 18.2 Å². The third-order valence-corrected chi connectivity index (χ3v) is 6.58. The van der Waals surface area contributed by atoms with E-state index in [0.717, 1.165) is 41.9 Å². The van der Waals surface area contributed by atoms with Gasteiger partial charge in [-0.2, -0.15) is 0 Å². The van der Waals surface area contributed by atoms with E-state index in [1.54, 1.807) is 6.20 Å². The molecule has 1 aromatic heterocycles. The predicted molar refractivity (Wildman–Crippen MR) is 124 cm³/mol. The van der Waals surface area contributed by atoms with Crippen molar-refractivity contribution in [1.29, 1.82) is 0 Å².